The van der Waals surface area contributed by atoms with Crippen LogP contribution in [-0.4, -0.2) is 58.5 Å². The van der Waals surface area contributed by atoms with Crippen LogP contribution in [0, 0.1) is 6.92 Å². The molecule has 3 fully saturated rings. The first-order chi connectivity index (χ1) is 9.61. The molecule has 1 N–H and O–H groups in total. The maximum atomic E-state index is 4.81. The Morgan fingerprint density at radius 3 is 2.60 bits per heavy atom. The number of nitrogens with zero attached hydrogens (tertiary/aromatic N) is 4. The van der Waals surface area contributed by atoms with Gasteiger partial charge in [0.15, 0.2) is 0 Å². The highest BCUT2D eigenvalue weighted by atomic mass is 15.4. The lowest BCUT2D eigenvalue weighted by Gasteiger charge is -2.46. The van der Waals surface area contributed by atoms with Crippen molar-refractivity contribution in [3.05, 3.63) is 23.3 Å². The molecule has 2 bridgehead atoms. The van der Waals surface area contributed by atoms with E-state index in [-0.39, 0.29) is 0 Å². The van der Waals surface area contributed by atoms with Gasteiger partial charge in [-0.1, -0.05) is 13.8 Å². The lowest BCUT2D eigenvalue weighted by Crippen LogP contribution is -2.57. The van der Waals surface area contributed by atoms with Gasteiger partial charge in [-0.2, -0.15) is 0 Å². The molecule has 4 rings (SSSR count). The van der Waals surface area contributed by atoms with Gasteiger partial charge in [-0.15, -0.1) is 0 Å². The largest absolute Gasteiger partial charge is 0.309 e. The van der Waals surface area contributed by atoms with Gasteiger partial charge in [0.25, 0.3) is 0 Å². The molecule has 0 radical (unpaired) electrons. The first-order valence-electron chi connectivity index (χ1n) is 7.66. The Morgan fingerprint density at radius 1 is 1.25 bits per heavy atom. The molecule has 20 heavy (non-hydrogen) atoms. The van der Waals surface area contributed by atoms with E-state index in [4.69, 9.17) is 9.97 Å². The van der Waals surface area contributed by atoms with Crippen LogP contribution in [0.3, 0.4) is 0 Å². The Bertz CT molecular complexity index is 465. The summed E-state index contributed by atoms with van der Waals surface area (Å²) in [5.41, 5.74) is 2.19. The van der Waals surface area contributed by atoms with Gasteiger partial charge in [-0.25, -0.2) is 9.97 Å². The van der Waals surface area contributed by atoms with Crippen LogP contribution in [0.1, 0.15) is 37.1 Å². The van der Waals surface area contributed by atoms with Crippen LogP contribution in [0.25, 0.3) is 0 Å². The van der Waals surface area contributed by atoms with Crippen molar-refractivity contribution < 1.29 is 0 Å². The van der Waals surface area contributed by atoms with Crippen LogP contribution in [-0.2, 0) is 6.54 Å². The summed E-state index contributed by atoms with van der Waals surface area (Å²) in [5, 5.41) is 3.44. The molecule has 1 aromatic heterocycles. The predicted molar refractivity (Wildman–Crippen MR) is 79.5 cm³/mol. The summed E-state index contributed by atoms with van der Waals surface area (Å²) in [7, 11) is 0. The Hall–Kier alpha value is -1.04. The zero-order chi connectivity index (χ0) is 14.1. The van der Waals surface area contributed by atoms with Crippen LogP contribution >= 0.6 is 0 Å². The summed E-state index contributed by atoms with van der Waals surface area (Å²) in [6, 6.07) is 2.96. The molecule has 0 aromatic carbocycles. The highest BCUT2D eigenvalue weighted by Gasteiger charge is 2.34. The van der Waals surface area contributed by atoms with E-state index in [1.54, 1.807) is 0 Å². The second kappa shape index (κ2) is 5.76. The number of piperazine rings is 3. The number of hydrogen-bond acceptors (Lipinski definition) is 5. The number of hydrogen-bond donors (Lipinski definition) is 1. The molecule has 3 aliphatic rings. The third kappa shape index (κ3) is 3.00. The first-order valence-corrected chi connectivity index (χ1v) is 7.66. The molecule has 0 spiro atoms. The van der Waals surface area contributed by atoms with Crippen LogP contribution in [0.4, 0.5) is 0 Å². The monoisotopic (exact) mass is 275 g/mol. The third-order valence-corrected chi connectivity index (χ3v) is 4.19. The van der Waals surface area contributed by atoms with Gasteiger partial charge in [0.2, 0.25) is 0 Å². The molecule has 3 aliphatic heterocycles. The highest BCUT2D eigenvalue weighted by Crippen LogP contribution is 2.26. The minimum Gasteiger partial charge on any atom is -0.309 e. The van der Waals surface area contributed by atoms with E-state index in [9.17, 15) is 0 Å². The Balaban J connectivity index is 1.79. The van der Waals surface area contributed by atoms with Crippen molar-refractivity contribution in [2.45, 2.75) is 39.4 Å². The number of fused-ring (bicyclic) bond motifs is 3. The molecular weight excluding hydrogens is 250 g/mol. The number of rotatable bonds is 4. The molecule has 3 saturated heterocycles. The van der Waals surface area contributed by atoms with Gasteiger partial charge in [0, 0.05) is 51.0 Å². The molecule has 0 saturated carbocycles. The van der Waals surface area contributed by atoms with Crippen LogP contribution in [0.2, 0.25) is 0 Å². The number of aromatic nitrogens is 2. The lowest BCUT2D eigenvalue weighted by atomic mass is 10.1. The normalized spacial score (nSPS) is 29.1. The summed E-state index contributed by atoms with van der Waals surface area (Å²) in [4.78, 5) is 14.6. The van der Waals surface area contributed by atoms with Crippen LogP contribution < -0.4 is 5.32 Å². The molecule has 5 heteroatoms. The van der Waals surface area contributed by atoms with Gasteiger partial charge in [0.05, 0.1) is 11.7 Å². The second-order valence-corrected chi connectivity index (χ2v) is 6.25. The summed E-state index contributed by atoms with van der Waals surface area (Å²) in [6.45, 7) is 13.0. The van der Waals surface area contributed by atoms with E-state index in [0.29, 0.717) is 12.1 Å². The summed E-state index contributed by atoms with van der Waals surface area (Å²) >= 11 is 0. The van der Waals surface area contributed by atoms with Crippen molar-refractivity contribution in [3.8, 4) is 0 Å². The molecular formula is C15H25N5. The summed E-state index contributed by atoms with van der Waals surface area (Å²) in [6.07, 6.45) is 0. The minimum absolute atomic E-state index is 0.384. The minimum atomic E-state index is 0.384. The summed E-state index contributed by atoms with van der Waals surface area (Å²) in [5.74, 6) is 1.01. The van der Waals surface area contributed by atoms with Gasteiger partial charge in [-0.05, 0) is 13.0 Å². The maximum Gasteiger partial charge on any atom is 0.147 e. The van der Waals surface area contributed by atoms with E-state index in [0.717, 1.165) is 43.4 Å². The van der Waals surface area contributed by atoms with Crippen molar-refractivity contribution in [3.63, 3.8) is 0 Å². The highest BCUT2D eigenvalue weighted by molar-refractivity contribution is 5.13. The van der Waals surface area contributed by atoms with Crippen molar-refractivity contribution in [1.29, 1.82) is 0 Å². The smallest absolute Gasteiger partial charge is 0.147 e. The van der Waals surface area contributed by atoms with E-state index in [1.165, 1.54) is 13.1 Å². The fraction of sp³-hybridized carbons (Fsp3) is 0.733. The lowest BCUT2D eigenvalue weighted by molar-refractivity contribution is 0.00849. The van der Waals surface area contributed by atoms with Gasteiger partial charge in [-0.3, -0.25) is 9.80 Å². The second-order valence-electron chi connectivity index (χ2n) is 6.25. The standard InChI is InChI=1S/C15H25N5/c1-11(2)16-9-13-8-12(3)17-15(18-13)14-10-19-4-6-20(14)7-5-19/h8,11,14,16H,4-7,9-10H2,1-3H3. The quantitative estimate of drug-likeness (QED) is 0.886. The van der Waals surface area contributed by atoms with E-state index in [1.807, 2.05) is 0 Å². The first kappa shape index (κ1) is 13.9. The van der Waals surface area contributed by atoms with Crippen molar-refractivity contribution >= 4 is 0 Å². The van der Waals surface area contributed by atoms with Crippen molar-refractivity contribution in [2.24, 2.45) is 0 Å². The molecule has 1 aromatic rings. The number of nitrogens with one attached hydrogen (secondary N) is 1. The average molecular weight is 275 g/mol. The van der Waals surface area contributed by atoms with Crippen molar-refractivity contribution in [2.75, 3.05) is 32.7 Å². The SMILES string of the molecule is Cc1cc(CNC(C)C)nc(C2CN3CCN2CC3)n1. The zero-order valence-electron chi connectivity index (χ0n) is 12.8. The molecule has 1 unspecified atom stereocenters. The van der Waals surface area contributed by atoms with E-state index in [2.05, 4.69) is 42.0 Å². The van der Waals surface area contributed by atoms with Gasteiger partial charge in [0.1, 0.15) is 5.82 Å². The summed E-state index contributed by atoms with van der Waals surface area (Å²) < 4.78 is 0. The molecule has 1 atom stereocenters. The average Bonchev–Trinajstić information content (AvgIpc) is 2.46. The van der Waals surface area contributed by atoms with Gasteiger partial charge < -0.3 is 5.32 Å². The molecule has 5 nitrogen and oxygen atoms in total. The third-order valence-electron chi connectivity index (χ3n) is 4.19. The Morgan fingerprint density at radius 2 is 2.00 bits per heavy atom. The molecule has 0 amide bonds. The topological polar surface area (TPSA) is 44.3 Å². The molecule has 4 heterocycles. The number of aryl methyl sites for hydroxylation is 1. The van der Waals surface area contributed by atoms with Gasteiger partial charge >= 0.3 is 0 Å². The fourth-order valence-corrected chi connectivity index (χ4v) is 3.07. The predicted octanol–water partition coefficient (Wildman–Crippen LogP) is 0.955. The van der Waals surface area contributed by atoms with E-state index >= 15 is 0 Å². The van der Waals surface area contributed by atoms with Crippen LogP contribution in [0.5, 0.6) is 0 Å². The zero-order valence-corrected chi connectivity index (χ0v) is 12.8. The van der Waals surface area contributed by atoms with Crippen LogP contribution in [0.15, 0.2) is 6.07 Å². The Labute approximate surface area is 121 Å². The molecule has 110 valence electrons. The van der Waals surface area contributed by atoms with Crippen molar-refractivity contribution in [1.82, 2.24) is 25.1 Å². The Kier molecular flexibility index (Phi) is 4.01. The molecule has 0 aliphatic carbocycles. The fourth-order valence-electron chi connectivity index (χ4n) is 3.07. The maximum absolute atomic E-state index is 4.81. The van der Waals surface area contributed by atoms with E-state index < -0.39 is 0 Å².